The van der Waals surface area contributed by atoms with Crippen molar-refractivity contribution >= 4 is 5.91 Å². The molecule has 114 valence electrons. The molecule has 0 aromatic carbocycles. The third-order valence-corrected chi connectivity index (χ3v) is 3.21. The molecule has 1 atom stereocenters. The number of nitrogens with one attached hydrogen (secondary N) is 2. The Morgan fingerprint density at radius 3 is 2.58 bits per heavy atom. The first-order valence-electron chi connectivity index (χ1n) is 7.69. The second kappa shape index (κ2) is 13.8. The fraction of sp³-hybridized carbons (Fsp3) is 0.933. The molecule has 4 heteroatoms. The minimum absolute atomic E-state index is 0.0969. The third-order valence-electron chi connectivity index (χ3n) is 3.21. The summed E-state index contributed by atoms with van der Waals surface area (Å²) in [5, 5.41) is 6.22. The molecule has 1 amide bonds. The molecule has 0 aliphatic carbocycles. The van der Waals surface area contributed by atoms with Gasteiger partial charge in [0, 0.05) is 32.7 Å². The van der Waals surface area contributed by atoms with Gasteiger partial charge in [-0.2, -0.15) is 0 Å². The summed E-state index contributed by atoms with van der Waals surface area (Å²) in [6, 6.07) is 0.508. The van der Waals surface area contributed by atoms with Gasteiger partial charge in [0.05, 0.1) is 6.61 Å². The number of carbonyl (C=O) groups is 1. The Labute approximate surface area is 118 Å². The number of unbranched alkanes of at least 4 members (excludes halogenated alkanes) is 4. The molecule has 4 nitrogen and oxygen atoms in total. The number of methoxy groups -OCH3 is 1. The third kappa shape index (κ3) is 13.6. The van der Waals surface area contributed by atoms with Gasteiger partial charge in [-0.05, 0) is 13.3 Å². The van der Waals surface area contributed by atoms with Crippen molar-refractivity contribution in [1.29, 1.82) is 0 Å². The van der Waals surface area contributed by atoms with Crippen molar-refractivity contribution in [2.45, 2.75) is 64.8 Å². The summed E-state index contributed by atoms with van der Waals surface area (Å²) in [4.78, 5) is 11.4. The van der Waals surface area contributed by atoms with Crippen LogP contribution in [0.1, 0.15) is 58.8 Å². The number of ether oxygens (including phenoxy) is 1. The van der Waals surface area contributed by atoms with Crippen LogP contribution in [0.5, 0.6) is 0 Å². The Morgan fingerprint density at radius 1 is 1.16 bits per heavy atom. The average molecular weight is 272 g/mol. The Bertz CT molecular complexity index is 210. The van der Waals surface area contributed by atoms with Gasteiger partial charge in [-0.15, -0.1) is 0 Å². The van der Waals surface area contributed by atoms with Gasteiger partial charge in [0.1, 0.15) is 0 Å². The maximum absolute atomic E-state index is 11.4. The van der Waals surface area contributed by atoms with Gasteiger partial charge in [0.25, 0.3) is 0 Å². The van der Waals surface area contributed by atoms with Gasteiger partial charge in [-0.25, -0.2) is 0 Å². The SMILES string of the molecule is CCCCCCCC(C)NCCC(=O)NCCOC. The van der Waals surface area contributed by atoms with Gasteiger partial charge in [0.2, 0.25) is 5.91 Å². The molecule has 0 saturated heterocycles. The number of hydrogen-bond donors (Lipinski definition) is 2. The first-order valence-corrected chi connectivity index (χ1v) is 7.69. The van der Waals surface area contributed by atoms with E-state index in [1.165, 1.54) is 38.5 Å². The molecule has 19 heavy (non-hydrogen) atoms. The highest BCUT2D eigenvalue weighted by atomic mass is 16.5. The average Bonchev–Trinajstić information content (AvgIpc) is 2.39. The van der Waals surface area contributed by atoms with E-state index in [-0.39, 0.29) is 5.91 Å². The summed E-state index contributed by atoms with van der Waals surface area (Å²) in [6.45, 7) is 6.37. The Morgan fingerprint density at radius 2 is 1.89 bits per heavy atom. The zero-order valence-corrected chi connectivity index (χ0v) is 13.0. The van der Waals surface area contributed by atoms with Crippen LogP contribution in [-0.2, 0) is 9.53 Å². The smallest absolute Gasteiger partial charge is 0.221 e. The first-order chi connectivity index (χ1) is 9.20. The number of carbonyl (C=O) groups excluding carboxylic acids is 1. The van der Waals surface area contributed by atoms with Crippen LogP contribution in [0.25, 0.3) is 0 Å². The Hall–Kier alpha value is -0.610. The molecule has 0 aromatic rings. The maximum atomic E-state index is 11.4. The zero-order chi connectivity index (χ0) is 14.3. The summed E-state index contributed by atoms with van der Waals surface area (Å²) in [6.07, 6.45) is 8.37. The van der Waals surface area contributed by atoms with Crippen molar-refractivity contribution in [3.05, 3.63) is 0 Å². The molecule has 0 fully saturated rings. The highest BCUT2D eigenvalue weighted by Crippen LogP contribution is 2.06. The van der Waals surface area contributed by atoms with Crippen LogP contribution in [0.3, 0.4) is 0 Å². The number of hydrogen-bond acceptors (Lipinski definition) is 3. The van der Waals surface area contributed by atoms with E-state index in [4.69, 9.17) is 4.74 Å². The molecular formula is C15H32N2O2. The fourth-order valence-corrected chi connectivity index (χ4v) is 1.97. The van der Waals surface area contributed by atoms with Gasteiger partial charge in [-0.1, -0.05) is 39.0 Å². The largest absolute Gasteiger partial charge is 0.383 e. The summed E-state index contributed by atoms with van der Waals surface area (Å²) in [7, 11) is 1.63. The van der Waals surface area contributed by atoms with E-state index >= 15 is 0 Å². The molecule has 0 heterocycles. The monoisotopic (exact) mass is 272 g/mol. The first kappa shape index (κ1) is 18.4. The minimum atomic E-state index is 0.0969. The highest BCUT2D eigenvalue weighted by Gasteiger charge is 2.03. The van der Waals surface area contributed by atoms with Crippen molar-refractivity contribution < 1.29 is 9.53 Å². The van der Waals surface area contributed by atoms with E-state index in [9.17, 15) is 4.79 Å². The van der Waals surface area contributed by atoms with Crippen molar-refractivity contribution in [2.24, 2.45) is 0 Å². The van der Waals surface area contributed by atoms with Crippen molar-refractivity contribution in [3.8, 4) is 0 Å². The van der Waals surface area contributed by atoms with Crippen LogP contribution in [0.15, 0.2) is 0 Å². The highest BCUT2D eigenvalue weighted by molar-refractivity contribution is 5.76. The maximum Gasteiger partial charge on any atom is 0.221 e. The summed E-state index contributed by atoms with van der Waals surface area (Å²) in [5.41, 5.74) is 0. The van der Waals surface area contributed by atoms with Crippen LogP contribution >= 0.6 is 0 Å². The molecule has 0 spiro atoms. The zero-order valence-electron chi connectivity index (χ0n) is 13.0. The minimum Gasteiger partial charge on any atom is -0.383 e. The second-order valence-corrected chi connectivity index (χ2v) is 5.15. The predicted octanol–water partition coefficient (Wildman–Crippen LogP) is 2.48. The summed E-state index contributed by atoms with van der Waals surface area (Å²) < 4.78 is 4.88. The van der Waals surface area contributed by atoms with Gasteiger partial charge in [-0.3, -0.25) is 4.79 Å². The second-order valence-electron chi connectivity index (χ2n) is 5.15. The van der Waals surface area contributed by atoms with Crippen LogP contribution in [0.4, 0.5) is 0 Å². The number of rotatable bonds is 13. The van der Waals surface area contributed by atoms with Crippen molar-refractivity contribution in [1.82, 2.24) is 10.6 Å². The quantitative estimate of drug-likeness (QED) is 0.506. The number of amides is 1. The molecule has 0 rings (SSSR count). The standard InChI is InChI=1S/C15H32N2O2/c1-4-5-6-7-8-9-14(2)16-11-10-15(18)17-12-13-19-3/h14,16H,4-13H2,1-3H3,(H,17,18). The molecular weight excluding hydrogens is 240 g/mol. The topological polar surface area (TPSA) is 50.4 Å². The molecule has 0 aromatic heterocycles. The van der Waals surface area contributed by atoms with Crippen LogP contribution in [-0.4, -0.2) is 38.8 Å². The molecule has 0 bridgehead atoms. The van der Waals surface area contributed by atoms with Crippen LogP contribution in [0, 0.1) is 0 Å². The van der Waals surface area contributed by atoms with Gasteiger partial charge in [0.15, 0.2) is 0 Å². The lowest BCUT2D eigenvalue weighted by Crippen LogP contribution is -2.33. The molecule has 0 aliphatic heterocycles. The van der Waals surface area contributed by atoms with Gasteiger partial charge >= 0.3 is 0 Å². The molecule has 1 unspecified atom stereocenters. The van der Waals surface area contributed by atoms with E-state index in [1.54, 1.807) is 7.11 Å². The molecule has 0 aliphatic rings. The van der Waals surface area contributed by atoms with Crippen LogP contribution in [0.2, 0.25) is 0 Å². The Balaban J connectivity index is 3.32. The van der Waals surface area contributed by atoms with E-state index in [2.05, 4.69) is 24.5 Å². The van der Waals surface area contributed by atoms with E-state index < -0.39 is 0 Å². The lowest BCUT2D eigenvalue weighted by molar-refractivity contribution is -0.121. The van der Waals surface area contributed by atoms with Crippen LogP contribution < -0.4 is 10.6 Å². The molecule has 0 saturated carbocycles. The lowest BCUT2D eigenvalue weighted by Gasteiger charge is -2.13. The van der Waals surface area contributed by atoms with Gasteiger partial charge < -0.3 is 15.4 Å². The fourth-order valence-electron chi connectivity index (χ4n) is 1.97. The normalized spacial score (nSPS) is 12.4. The van der Waals surface area contributed by atoms with E-state index in [0.29, 0.717) is 25.6 Å². The summed E-state index contributed by atoms with van der Waals surface area (Å²) >= 11 is 0. The van der Waals surface area contributed by atoms with E-state index in [0.717, 1.165) is 6.54 Å². The molecule has 0 radical (unpaired) electrons. The Kier molecular flexibility index (Phi) is 13.4. The lowest BCUT2D eigenvalue weighted by atomic mass is 10.1. The van der Waals surface area contributed by atoms with Crippen molar-refractivity contribution in [3.63, 3.8) is 0 Å². The molecule has 2 N–H and O–H groups in total. The van der Waals surface area contributed by atoms with Crippen molar-refractivity contribution in [2.75, 3.05) is 26.8 Å². The van der Waals surface area contributed by atoms with E-state index in [1.807, 2.05) is 0 Å². The predicted molar refractivity (Wildman–Crippen MR) is 80.3 cm³/mol. The summed E-state index contributed by atoms with van der Waals surface area (Å²) in [5.74, 6) is 0.0969.